The standard InChI is InChI=1S/C17H18N2O3/c1-3-22-15-10-8-14(9-11-15)17(21)19-18-16(20)13-6-4-12(2)5-7-13/h4-11H,3H2,1-2H3,(H,18,20)(H,19,21). The predicted octanol–water partition coefficient (Wildman–Crippen LogP) is 2.47. The van der Waals surface area contributed by atoms with Gasteiger partial charge in [0.1, 0.15) is 5.75 Å². The molecule has 0 aliphatic heterocycles. The Balaban J connectivity index is 1.91. The van der Waals surface area contributed by atoms with Crippen LogP contribution in [0.2, 0.25) is 0 Å². The molecule has 0 aromatic heterocycles. The summed E-state index contributed by atoms with van der Waals surface area (Å²) in [5, 5.41) is 0. The van der Waals surface area contributed by atoms with Crippen LogP contribution in [0, 0.1) is 6.92 Å². The summed E-state index contributed by atoms with van der Waals surface area (Å²) in [4.78, 5) is 23.8. The Bertz CT molecular complexity index is 649. The van der Waals surface area contributed by atoms with Crippen molar-refractivity contribution in [2.24, 2.45) is 0 Å². The van der Waals surface area contributed by atoms with Crippen molar-refractivity contribution in [2.75, 3.05) is 6.61 Å². The fourth-order valence-corrected chi connectivity index (χ4v) is 1.83. The molecule has 0 bridgehead atoms. The monoisotopic (exact) mass is 298 g/mol. The molecule has 2 aromatic rings. The minimum Gasteiger partial charge on any atom is -0.494 e. The molecule has 0 saturated heterocycles. The van der Waals surface area contributed by atoms with E-state index in [4.69, 9.17) is 4.74 Å². The first-order valence-electron chi connectivity index (χ1n) is 7.00. The van der Waals surface area contributed by atoms with Gasteiger partial charge in [-0.05, 0) is 50.2 Å². The average molecular weight is 298 g/mol. The van der Waals surface area contributed by atoms with E-state index >= 15 is 0 Å². The topological polar surface area (TPSA) is 67.4 Å². The van der Waals surface area contributed by atoms with Crippen LogP contribution >= 0.6 is 0 Å². The molecule has 0 aliphatic carbocycles. The van der Waals surface area contributed by atoms with Crippen LogP contribution in [-0.4, -0.2) is 18.4 Å². The number of ether oxygens (including phenoxy) is 1. The SMILES string of the molecule is CCOc1ccc(C(=O)NNC(=O)c2ccc(C)cc2)cc1. The van der Waals surface area contributed by atoms with Crippen LogP contribution < -0.4 is 15.6 Å². The number of hydrogen-bond donors (Lipinski definition) is 2. The van der Waals surface area contributed by atoms with Gasteiger partial charge >= 0.3 is 0 Å². The maximum Gasteiger partial charge on any atom is 0.269 e. The van der Waals surface area contributed by atoms with E-state index in [1.54, 1.807) is 36.4 Å². The van der Waals surface area contributed by atoms with Crippen LogP contribution in [0.3, 0.4) is 0 Å². The Morgan fingerprint density at radius 1 is 0.864 bits per heavy atom. The second kappa shape index (κ2) is 7.26. The zero-order valence-corrected chi connectivity index (χ0v) is 12.6. The maximum absolute atomic E-state index is 11.9. The molecule has 0 atom stereocenters. The van der Waals surface area contributed by atoms with Crippen molar-refractivity contribution >= 4 is 11.8 Å². The first kappa shape index (κ1) is 15.6. The van der Waals surface area contributed by atoms with Crippen molar-refractivity contribution in [3.8, 4) is 5.75 Å². The van der Waals surface area contributed by atoms with Gasteiger partial charge in [0.05, 0.1) is 6.61 Å². The second-order valence-corrected chi connectivity index (χ2v) is 4.73. The maximum atomic E-state index is 11.9. The molecular formula is C17H18N2O3. The van der Waals surface area contributed by atoms with E-state index in [0.717, 1.165) is 5.56 Å². The first-order valence-corrected chi connectivity index (χ1v) is 7.00. The highest BCUT2D eigenvalue weighted by atomic mass is 16.5. The summed E-state index contributed by atoms with van der Waals surface area (Å²) in [6.07, 6.45) is 0. The highest BCUT2D eigenvalue weighted by Gasteiger charge is 2.09. The van der Waals surface area contributed by atoms with Crippen molar-refractivity contribution in [3.05, 3.63) is 65.2 Å². The molecule has 2 N–H and O–H groups in total. The molecule has 5 nitrogen and oxygen atoms in total. The molecule has 2 rings (SSSR count). The van der Waals surface area contributed by atoms with Crippen molar-refractivity contribution < 1.29 is 14.3 Å². The first-order chi connectivity index (χ1) is 10.6. The van der Waals surface area contributed by atoms with Gasteiger partial charge in [-0.3, -0.25) is 20.4 Å². The molecule has 0 unspecified atom stereocenters. The molecule has 2 amide bonds. The lowest BCUT2D eigenvalue weighted by molar-refractivity contribution is 0.0846. The van der Waals surface area contributed by atoms with E-state index in [9.17, 15) is 9.59 Å². The highest BCUT2D eigenvalue weighted by Crippen LogP contribution is 2.11. The fourth-order valence-electron chi connectivity index (χ4n) is 1.83. The normalized spacial score (nSPS) is 9.91. The molecule has 114 valence electrons. The Hall–Kier alpha value is -2.82. The molecule has 0 radical (unpaired) electrons. The largest absolute Gasteiger partial charge is 0.494 e. The number of hydrazine groups is 1. The van der Waals surface area contributed by atoms with Gasteiger partial charge in [-0.25, -0.2) is 0 Å². The van der Waals surface area contributed by atoms with Crippen LogP contribution in [0.15, 0.2) is 48.5 Å². The van der Waals surface area contributed by atoms with E-state index in [1.807, 2.05) is 26.0 Å². The lowest BCUT2D eigenvalue weighted by atomic mass is 10.1. The number of hydrogen-bond acceptors (Lipinski definition) is 3. The van der Waals surface area contributed by atoms with Crippen molar-refractivity contribution in [1.82, 2.24) is 10.9 Å². The minimum absolute atomic E-state index is 0.362. The Morgan fingerprint density at radius 3 is 1.77 bits per heavy atom. The summed E-state index contributed by atoms with van der Waals surface area (Å²) >= 11 is 0. The molecule has 5 heteroatoms. The van der Waals surface area contributed by atoms with Gasteiger partial charge in [-0.2, -0.15) is 0 Å². The van der Waals surface area contributed by atoms with Crippen molar-refractivity contribution in [2.45, 2.75) is 13.8 Å². The number of carbonyl (C=O) groups excluding carboxylic acids is 2. The summed E-state index contributed by atoms with van der Waals surface area (Å²) in [5.74, 6) is -0.0504. The van der Waals surface area contributed by atoms with Crippen LogP contribution in [-0.2, 0) is 0 Å². The van der Waals surface area contributed by atoms with Gasteiger partial charge in [0.15, 0.2) is 0 Å². The Labute approximate surface area is 129 Å². The summed E-state index contributed by atoms with van der Waals surface area (Å²) in [6, 6.07) is 13.8. The number of carbonyl (C=O) groups is 2. The van der Waals surface area contributed by atoms with Gasteiger partial charge < -0.3 is 4.74 Å². The zero-order chi connectivity index (χ0) is 15.9. The molecule has 0 saturated carbocycles. The number of rotatable bonds is 4. The van der Waals surface area contributed by atoms with E-state index < -0.39 is 0 Å². The second-order valence-electron chi connectivity index (χ2n) is 4.73. The van der Waals surface area contributed by atoms with Gasteiger partial charge in [-0.15, -0.1) is 0 Å². The number of amides is 2. The van der Waals surface area contributed by atoms with Gasteiger partial charge in [-0.1, -0.05) is 17.7 Å². The summed E-state index contributed by atoms with van der Waals surface area (Å²) in [6.45, 7) is 4.40. The summed E-state index contributed by atoms with van der Waals surface area (Å²) in [5.41, 5.74) is 6.76. The predicted molar refractivity (Wildman–Crippen MR) is 83.7 cm³/mol. The molecule has 0 fully saturated rings. The van der Waals surface area contributed by atoms with Crippen molar-refractivity contribution in [3.63, 3.8) is 0 Å². The van der Waals surface area contributed by atoms with E-state index in [0.29, 0.717) is 23.5 Å². The molecule has 0 spiro atoms. The van der Waals surface area contributed by atoms with Crippen molar-refractivity contribution in [1.29, 1.82) is 0 Å². The summed E-state index contributed by atoms with van der Waals surface area (Å²) in [7, 11) is 0. The van der Waals surface area contributed by atoms with E-state index in [2.05, 4.69) is 10.9 Å². The number of benzene rings is 2. The minimum atomic E-state index is -0.386. The van der Waals surface area contributed by atoms with Gasteiger partial charge in [0, 0.05) is 11.1 Å². The molecule has 2 aromatic carbocycles. The van der Waals surface area contributed by atoms with Crippen LogP contribution in [0.4, 0.5) is 0 Å². The number of nitrogens with one attached hydrogen (secondary N) is 2. The Kier molecular flexibility index (Phi) is 5.14. The van der Waals surface area contributed by atoms with Crippen LogP contribution in [0.5, 0.6) is 5.75 Å². The highest BCUT2D eigenvalue weighted by molar-refractivity contribution is 5.99. The molecule has 22 heavy (non-hydrogen) atoms. The Morgan fingerprint density at radius 2 is 1.32 bits per heavy atom. The third kappa shape index (κ3) is 4.09. The van der Waals surface area contributed by atoms with Crippen LogP contribution in [0.25, 0.3) is 0 Å². The van der Waals surface area contributed by atoms with Gasteiger partial charge in [0.2, 0.25) is 0 Å². The molecule has 0 aliphatic rings. The molecule has 0 heterocycles. The lowest BCUT2D eigenvalue weighted by Gasteiger charge is -2.08. The lowest BCUT2D eigenvalue weighted by Crippen LogP contribution is -2.41. The fraction of sp³-hybridized carbons (Fsp3) is 0.176. The zero-order valence-electron chi connectivity index (χ0n) is 12.6. The number of aryl methyl sites for hydroxylation is 1. The average Bonchev–Trinajstić information content (AvgIpc) is 2.54. The molecular weight excluding hydrogens is 280 g/mol. The quantitative estimate of drug-likeness (QED) is 0.852. The third-order valence-electron chi connectivity index (χ3n) is 3.03. The van der Waals surface area contributed by atoms with Crippen LogP contribution in [0.1, 0.15) is 33.2 Å². The summed E-state index contributed by atoms with van der Waals surface area (Å²) < 4.78 is 5.30. The smallest absolute Gasteiger partial charge is 0.269 e. The third-order valence-corrected chi connectivity index (χ3v) is 3.03. The van der Waals surface area contributed by atoms with E-state index in [1.165, 1.54) is 0 Å². The van der Waals surface area contributed by atoms with Gasteiger partial charge in [0.25, 0.3) is 11.8 Å². The van der Waals surface area contributed by atoms with E-state index in [-0.39, 0.29) is 11.8 Å².